The van der Waals surface area contributed by atoms with E-state index in [1.54, 1.807) is 0 Å². The first kappa shape index (κ1) is 15.0. The van der Waals surface area contributed by atoms with Crippen molar-refractivity contribution in [3.8, 4) is 0 Å². The molecule has 1 aromatic rings. The Labute approximate surface area is 119 Å². The molecule has 5 heteroatoms. The molecule has 1 heterocycles. The fourth-order valence-electron chi connectivity index (χ4n) is 2.42. The number of rotatable bonds is 5. The van der Waals surface area contributed by atoms with Gasteiger partial charge in [0.2, 0.25) is 5.91 Å². The molecule has 1 aliphatic rings. The number of piperazine rings is 1. The highest BCUT2D eigenvalue weighted by atomic mass is 16.5. The maximum atomic E-state index is 11.7. The van der Waals surface area contributed by atoms with E-state index in [1.165, 1.54) is 7.11 Å². The van der Waals surface area contributed by atoms with Gasteiger partial charge in [0.15, 0.2) is 0 Å². The molecule has 1 saturated heterocycles. The molecule has 1 fully saturated rings. The highest BCUT2D eigenvalue weighted by Gasteiger charge is 2.22. The zero-order chi connectivity index (χ0) is 14.4. The number of aliphatic hydroxyl groups is 1. The summed E-state index contributed by atoms with van der Waals surface area (Å²) < 4.78 is 4.86. The van der Waals surface area contributed by atoms with Crippen LogP contribution in [0.1, 0.15) is 11.7 Å². The molecule has 110 valence electrons. The number of amides is 1. The van der Waals surface area contributed by atoms with E-state index in [1.807, 2.05) is 35.2 Å². The number of methoxy groups -OCH3 is 1. The van der Waals surface area contributed by atoms with Gasteiger partial charge in [-0.05, 0) is 5.56 Å². The number of hydrogen-bond acceptors (Lipinski definition) is 4. The summed E-state index contributed by atoms with van der Waals surface area (Å²) in [5, 5.41) is 10.2. The average Bonchev–Trinajstić information content (AvgIpc) is 2.49. The predicted molar refractivity (Wildman–Crippen MR) is 76.3 cm³/mol. The summed E-state index contributed by atoms with van der Waals surface area (Å²) in [6, 6.07) is 9.67. The second-order valence-corrected chi connectivity index (χ2v) is 5.04. The van der Waals surface area contributed by atoms with Gasteiger partial charge in [-0.25, -0.2) is 0 Å². The normalized spacial score (nSPS) is 18.0. The van der Waals surface area contributed by atoms with E-state index in [0.29, 0.717) is 19.6 Å². The Hall–Kier alpha value is -1.43. The van der Waals surface area contributed by atoms with Gasteiger partial charge in [0.25, 0.3) is 0 Å². The van der Waals surface area contributed by atoms with Crippen LogP contribution >= 0.6 is 0 Å². The van der Waals surface area contributed by atoms with Gasteiger partial charge >= 0.3 is 0 Å². The van der Waals surface area contributed by atoms with Gasteiger partial charge in [-0.3, -0.25) is 9.69 Å². The molecule has 1 amide bonds. The topological polar surface area (TPSA) is 53.0 Å². The van der Waals surface area contributed by atoms with Crippen LogP contribution in [-0.4, -0.2) is 67.3 Å². The van der Waals surface area contributed by atoms with Crippen molar-refractivity contribution >= 4 is 5.91 Å². The summed E-state index contributed by atoms with van der Waals surface area (Å²) >= 11 is 0. The van der Waals surface area contributed by atoms with Crippen molar-refractivity contribution in [1.82, 2.24) is 9.80 Å². The third kappa shape index (κ3) is 4.03. The zero-order valence-corrected chi connectivity index (χ0v) is 11.9. The van der Waals surface area contributed by atoms with Gasteiger partial charge in [-0.15, -0.1) is 0 Å². The van der Waals surface area contributed by atoms with E-state index in [0.717, 1.165) is 18.7 Å². The lowest BCUT2D eigenvalue weighted by Crippen LogP contribution is -2.50. The molecule has 0 saturated carbocycles. The van der Waals surface area contributed by atoms with E-state index >= 15 is 0 Å². The van der Waals surface area contributed by atoms with Crippen molar-refractivity contribution in [1.29, 1.82) is 0 Å². The van der Waals surface area contributed by atoms with E-state index in [4.69, 9.17) is 4.74 Å². The van der Waals surface area contributed by atoms with E-state index in [-0.39, 0.29) is 12.5 Å². The number of β-amino-alcohol motifs (C(OH)–C–C–N with tert-alkyl or cyclic N) is 1. The second-order valence-electron chi connectivity index (χ2n) is 5.04. The first-order valence-corrected chi connectivity index (χ1v) is 6.93. The Balaban J connectivity index is 1.78. The Morgan fingerprint density at radius 3 is 2.50 bits per heavy atom. The lowest BCUT2D eigenvalue weighted by Gasteiger charge is -2.35. The number of hydrogen-bond donors (Lipinski definition) is 1. The Morgan fingerprint density at radius 1 is 1.25 bits per heavy atom. The van der Waals surface area contributed by atoms with Crippen LogP contribution in [0.4, 0.5) is 0 Å². The molecule has 1 aliphatic heterocycles. The van der Waals surface area contributed by atoms with E-state index < -0.39 is 6.10 Å². The number of carbonyl (C=O) groups excluding carboxylic acids is 1. The molecule has 0 unspecified atom stereocenters. The standard InChI is InChI=1S/C15H22N2O3/c1-20-12-15(19)17-9-7-16(8-10-17)11-14(18)13-5-3-2-4-6-13/h2-6,14,18H,7-12H2,1H3/t14-/m0/s1. The van der Waals surface area contributed by atoms with Gasteiger partial charge in [0.1, 0.15) is 6.61 Å². The molecule has 0 aromatic heterocycles. The molecule has 0 spiro atoms. The molecular formula is C15H22N2O3. The predicted octanol–water partition coefficient (Wildman–Crippen LogP) is 0.511. The maximum Gasteiger partial charge on any atom is 0.248 e. The highest BCUT2D eigenvalue weighted by Crippen LogP contribution is 2.14. The van der Waals surface area contributed by atoms with Crippen molar-refractivity contribution in [2.45, 2.75) is 6.10 Å². The molecular weight excluding hydrogens is 256 g/mol. The summed E-state index contributed by atoms with van der Waals surface area (Å²) in [6.07, 6.45) is -0.475. The summed E-state index contributed by atoms with van der Waals surface area (Å²) in [5.74, 6) is 0.0377. The monoisotopic (exact) mass is 278 g/mol. The van der Waals surface area contributed by atoms with Crippen LogP contribution < -0.4 is 0 Å². The van der Waals surface area contributed by atoms with Gasteiger partial charge in [0.05, 0.1) is 6.10 Å². The van der Waals surface area contributed by atoms with Crippen LogP contribution in [0.5, 0.6) is 0 Å². The van der Waals surface area contributed by atoms with Gasteiger partial charge in [-0.1, -0.05) is 30.3 Å². The van der Waals surface area contributed by atoms with E-state index in [2.05, 4.69) is 4.90 Å². The van der Waals surface area contributed by atoms with Crippen LogP contribution in [0.15, 0.2) is 30.3 Å². The Morgan fingerprint density at radius 2 is 1.90 bits per heavy atom. The van der Waals surface area contributed by atoms with Crippen molar-refractivity contribution in [3.63, 3.8) is 0 Å². The van der Waals surface area contributed by atoms with Gasteiger partial charge < -0.3 is 14.7 Å². The van der Waals surface area contributed by atoms with Gasteiger partial charge in [-0.2, -0.15) is 0 Å². The summed E-state index contributed by atoms with van der Waals surface area (Å²) in [7, 11) is 1.53. The van der Waals surface area contributed by atoms with Crippen molar-refractivity contribution < 1.29 is 14.6 Å². The van der Waals surface area contributed by atoms with Crippen LogP contribution in [0.2, 0.25) is 0 Å². The minimum atomic E-state index is -0.475. The molecule has 0 bridgehead atoms. The second kappa shape index (κ2) is 7.38. The van der Waals surface area contributed by atoms with Crippen molar-refractivity contribution in [2.24, 2.45) is 0 Å². The first-order chi connectivity index (χ1) is 9.70. The van der Waals surface area contributed by atoms with Crippen molar-refractivity contribution in [3.05, 3.63) is 35.9 Å². The highest BCUT2D eigenvalue weighted by molar-refractivity contribution is 5.77. The molecule has 1 N–H and O–H groups in total. The molecule has 1 aromatic carbocycles. The Kier molecular flexibility index (Phi) is 5.52. The van der Waals surface area contributed by atoms with Crippen LogP contribution in [0.25, 0.3) is 0 Å². The summed E-state index contributed by atoms with van der Waals surface area (Å²) in [5.41, 5.74) is 0.936. The minimum Gasteiger partial charge on any atom is -0.387 e. The summed E-state index contributed by atoms with van der Waals surface area (Å²) in [6.45, 7) is 3.73. The SMILES string of the molecule is COCC(=O)N1CCN(C[C@H](O)c2ccccc2)CC1. The molecule has 2 rings (SSSR count). The smallest absolute Gasteiger partial charge is 0.248 e. The molecule has 5 nitrogen and oxygen atoms in total. The number of carbonyl (C=O) groups is 1. The fraction of sp³-hybridized carbons (Fsp3) is 0.533. The van der Waals surface area contributed by atoms with Crippen molar-refractivity contribution in [2.75, 3.05) is 46.4 Å². The molecule has 20 heavy (non-hydrogen) atoms. The molecule has 1 atom stereocenters. The average molecular weight is 278 g/mol. The zero-order valence-electron chi connectivity index (χ0n) is 11.9. The van der Waals surface area contributed by atoms with Crippen LogP contribution in [-0.2, 0) is 9.53 Å². The minimum absolute atomic E-state index is 0.0377. The van der Waals surface area contributed by atoms with E-state index in [9.17, 15) is 9.90 Å². The first-order valence-electron chi connectivity index (χ1n) is 6.93. The quantitative estimate of drug-likeness (QED) is 0.853. The van der Waals surface area contributed by atoms with Crippen LogP contribution in [0, 0.1) is 0 Å². The lowest BCUT2D eigenvalue weighted by molar-refractivity contribution is -0.137. The largest absolute Gasteiger partial charge is 0.387 e. The number of ether oxygens (including phenoxy) is 1. The van der Waals surface area contributed by atoms with Gasteiger partial charge in [0, 0.05) is 39.8 Å². The maximum absolute atomic E-state index is 11.7. The number of nitrogens with zero attached hydrogens (tertiary/aromatic N) is 2. The summed E-state index contributed by atoms with van der Waals surface area (Å²) in [4.78, 5) is 15.7. The van der Waals surface area contributed by atoms with Crippen LogP contribution in [0.3, 0.4) is 0 Å². The third-order valence-corrected chi connectivity index (χ3v) is 3.61. The number of aliphatic hydroxyl groups excluding tert-OH is 1. The number of benzene rings is 1. The fourth-order valence-corrected chi connectivity index (χ4v) is 2.42. The lowest BCUT2D eigenvalue weighted by atomic mass is 10.1. The molecule has 0 aliphatic carbocycles. The Bertz CT molecular complexity index is 416. The third-order valence-electron chi connectivity index (χ3n) is 3.61. The molecule has 0 radical (unpaired) electrons.